The summed E-state index contributed by atoms with van der Waals surface area (Å²) in [5.74, 6) is 0. The molecular formula is C14H20ClNOS. The van der Waals surface area contributed by atoms with Crippen LogP contribution in [0, 0.1) is 0 Å². The lowest BCUT2D eigenvalue weighted by Gasteiger charge is -2.22. The summed E-state index contributed by atoms with van der Waals surface area (Å²) < 4.78 is 0. The molecule has 1 atom stereocenters. The Bertz CT molecular complexity index is 361. The van der Waals surface area contributed by atoms with Crippen LogP contribution in [0.5, 0.6) is 0 Å². The summed E-state index contributed by atoms with van der Waals surface area (Å²) in [6, 6.07) is 10.6. The standard InChI is InChI=1S/C14H19NOS.ClH/c1-14(10-6-12-17-14)16-15-11-5-9-13-7-3-2-4-8-13;/h2-4,6-8,12,15H,5,9-11H2,1H3;1H. The third-order valence-corrected chi connectivity index (χ3v) is 3.85. The number of rotatable bonds is 6. The Morgan fingerprint density at radius 3 is 2.78 bits per heavy atom. The second kappa shape index (κ2) is 7.85. The Kier molecular flexibility index (Phi) is 6.79. The molecule has 18 heavy (non-hydrogen) atoms. The predicted molar refractivity (Wildman–Crippen MR) is 80.9 cm³/mol. The predicted octanol–water partition coefficient (Wildman–Crippen LogP) is 3.93. The van der Waals surface area contributed by atoms with Crippen molar-refractivity contribution < 1.29 is 4.84 Å². The van der Waals surface area contributed by atoms with E-state index in [2.05, 4.69) is 54.2 Å². The van der Waals surface area contributed by atoms with E-state index < -0.39 is 0 Å². The first-order valence-corrected chi connectivity index (χ1v) is 6.94. The fourth-order valence-corrected chi connectivity index (χ4v) is 2.56. The van der Waals surface area contributed by atoms with Gasteiger partial charge in [-0.25, -0.2) is 5.48 Å². The minimum atomic E-state index is -0.104. The average Bonchev–Trinajstić information content (AvgIpc) is 2.77. The number of halogens is 1. The molecule has 1 N–H and O–H groups in total. The Balaban J connectivity index is 0.00000162. The highest BCUT2D eigenvalue weighted by Gasteiger charge is 2.27. The Morgan fingerprint density at radius 1 is 1.33 bits per heavy atom. The lowest BCUT2D eigenvalue weighted by molar-refractivity contribution is -0.0340. The van der Waals surface area contributed by atoms with Crippen molar-refractivity contribution in [1.29, 1.82) is 0 Å². The summed E-state index contributed by atoms with van der Waals surface area (Å²) in [6.45, 7) is 3.01. The van der Waals surface area contributed by atoms with E-state index >= 15 is 0 Å². The first-order chi connectivity index (χ1) is 8.29. The van der Waals surface area contributed by atoms with Gasteiger partial charge in [-0.3, -0.25) is 4.84 Å². The molecule has 1 heterocycles. The van der Waals surface area contributed by atoms with Crippen LogP contribution in [0.25, 0.3) is 0 Å². The van der Waals surface area contributed by atoms with Gasteiger partial charge in [0.15, 0.2) is 0 Å². The zero-order chi connectivity index (χ0) is 12.0. The highest BCUT2D eigenvalue weighted by Crippen LogP contribution is 2.36. The molecule has 0 aliphatic carbocycles. The van der Waals surface area contributed by atoms with Crippen molar-refractivity contribution in [1.82, 2.24) is 5.48 Å². The van der Waals surface area contributed by atoms with Crippen LogP contribution in [-0.4, -0.2) is 11.5 Å². The lowest BCUT2D eigenvalue weighted by atomic mass is 10.1. The first kappa shape index (κ1) is 15.6. The van der Waals surface area contributed by atoms with Gasteiger partial charge in [0.1, 0.15) is 4.93 Å². The maximum Gasteiger partial charge on any atom is 0.139 e. The zero-order valence-corrected chi connectivity index (χ0v) is 12.2. The van der Waals surface area contributed by atoms with Crippen LogP contribution in [0.4, 0.5) is 0 Å². The van der Waals surface area contributed by atoms with Gasteiger partial charge in [-0.2, -0.15) is 0 Å². The number of hydrogen-bond acceptors (Lipinski definition) is 3. The normalized spacial score (nSPS) is 21.8. The number of thioether (sulfide) groups is 1. The molecule has 0 aromatic heterocycles. The number of benzene rings is 1. The average molecular weight is 286 g/mol. The Hall–Kier alpha value is -0.480. The largest absolute Gasteiger partial charge is 0.284 e. The molecule has 4 heteroatoms. The van der Waals surface area contributed by atoms with Crippen LogP contribution >= 0.6 is 24.2 Å². The molecule has 2 rings (SSSR count). The van der Waals surface area contributed by atoms with E-state index in [0.29, 0.717) is 0 Å². The van der Waals surface area contributed by atoms with E-state index in [0.717, 1.165) is 25.8 Å². The number of aryl methyl sites for hydroxylation is 1. The first-order valence-electron chi connectivity index (χ1n) is 6.06. The molecular weight excluding hydrogens is 266 g/mol. The van der Waals surface area contributed by atoms with Gasteiger partial charge in [0.05, 0.1) is 0 Å². The SMILES string of the molecule is CC1(ONCCCc2ccccc2)CC=CS1.Cl. The lowest BCUT2D eigenvalue weighted by Crippen LogP contribution is -2.30. The van der Waals surface area contributed by atoms with E-state index in [-0.39, 0.29) is 17.3 Å². The molecule has 100 valence electrons. The van der Waals surface area contributed by atoms with Crippen LogP contribution in [0.3, 0.4) is 0 Å². The van der Waals surface area contributed by atoms with Crippen molar-refractivity contribution >= 4 is 24.2 Å². The smallest absolute Gasteiger partial charge is 0.139 e. The second-order valence-electron chi connectivity index (χ2n) is 4.41. The van der Waals surface area contributed by atoms with Crippen LogP contribution in [0.2, 0.25) is 0 Å². The summed E-state index contributed by atoms with van der Waals surface area (Å²) in [6.07, 6.45) is 5.32. The molecule has 0 amide bonds. The van der Waals surface area contributed by atoms with Crippen LogP contribution < -0.4 is 5.48 Å². The molecule has 0 radical (unpaired) electrons. The van der Waals surface area contributed by atoms with E-state index in [9.17, 15) is 0 Å². The van der Waals surface area contributed by atoms with Crippen LogP contribution in [0.1, 0.15) is 25.3 Å². The molecule has 1 unspecified atom stereocenters. The highest BCUT2D eigenvalue weighted by atomic mass is 35.5. The van der Waals surface area contributed by atoms with Gasteiger partial charge in [0, 0.05) is 13.0 Å². The molecule has 0 saturated carbocycles. The summed E-state index contributed by atoms with van der Waals surface area (Å²) >= 11 is 1.73. The van der Waals surface area contributed by atoms with Crippen molar-refractivity contribution in [3.8, 4) is 0 Å². The third kappa shape index (κ3) is 5.02. The zero-order valence-electron chi connectivity index (χ0n) is 10.6. The maximum atomic E-state index is 5.68. The van der Waals surface area contributed by atoms with Gasteiger partial charge in [0.2, 0.25) is 0 Å². The molecule has 1 aromatic carbocycles. The Morgan fingerprint density at radius 2 is 2.11 bits per heavy atom. The minimum Gasteiger partial charge on any atom is -0.284 e. The maximum absolute atomic E-state index is 5.68. The molecule has 2 nitrogen and oxygen atoms in total. The van der Waals surface area contributed by atoms with Gasteiger partial charge in [-0.1, -0.05) is 48.2 Å². The highest BCUT2D eigenvalue weighted by molar-refractivity contribution is 8.03. The summed E-state index contributed by atoms with van der Waals surface area (Å²) in [4.78, 5) is 5.57. The van der Waals surface area contributed by atoms with Gasteiger partial charge >= 0.3 is 0 Å². The second-order valence-corrected chi connectivity index (χ2v) is 5.78. The van der Waals surface area contributed by atoms with Crippen molar-refractivity contribution in [2.45, 2.75) is 31.1 Å². The van der Waals surface area contributed by atoms with Crippen LogP contribution in [-0.2, 0) is 11.3 Å². The van der Waals surface area contributed by atoms with Gasteiger partial charge < -0.3 is 0 Å². The van der Waals surface area contributed by atoms with Crippen molar-refractivity contribution in [3.05, 3.63) is 47.4 Å². The molecule has 0 spiro atoms. The number of hydrogen-bond donors (Lipinski definition) is 1. The van der Waals surface area contributed by atoms with Gasteiger partial charge in [-0.15, -0.1) is 12.4 Å². The summed E-state index contributed by atoms with van der Waals surface area (Å²) in [5, 5.41) is 2.10. The van der Waals surface area contributed by atoms with E-state index in [1.165, 1.54) is 5.56 Å². The quantitative estimate of drug-likeness (QED) is 0.632. The topological polar surface area (TPSA) is 21.3 Å². The van der Waals surface area contributed by atoms with Crippen molar-refractivity contribution in [3.63, 3.8) is 0 Å². The molecule has 1 aliphatic rings. The van der Waals surface area contributed by atoms with Crippen LogP contribution in [0.15, 0.2) is 41.8 Å². The number of nitrogens with one attached hydrogen (secondary N) is 1. The minimum absolute atomic E-state index is 0. The Labute approximate surface area is 120 Å². The van der Waals surface area contributed by atoms with Crippen molar-refractivity contribution in [2.75, 3.05) is 6.54 Å². The number of hydroxylamine groups is 1. The monoisotopic (exact) mass is 285 g/mol. The molecule has 1 aromatic rings. The van der Waals surface area contributed by atoms with Gasteiger partial charge in [0.25, 0.3) is 0 Å². The van der Waals surface area contributed by atoms with E-state index in [1.807, 2.05) is 0 Å². The molecule has 0 saturated heterocycles. The summed E-state index contributed by atoms with van der Waals surface area (Å²) in [5.41, 5.74) is 4.46. The molecule has 0 fully saturated rings. The molecule has 0 bridgehead atoms. The fourth-order valence-electron chi connectivity index (χ4n) is 1.78. The van der Waals surface area contributed by atoms with E-state index in [4.69, 9.17) is 4.84 Å². The fraction of sp³-hybridized carbons (Fsp3) is 0.429. The third-order valence-electron chi connectivity index (χ3n) is 2.78. The van der Waals surface area contributed by atoms with E-state index in [1.54, 1.807) is 11.8 Å². The summed E-state index contributed by atoms with van der Waals surface area (Å²) in [7, 11) is 0. The van der Waals surface area contributed by atoms with Gasteiger partial charge in [-0.05, 0) is 30.7 Å². The molecule has 1 aliphatic heterocycles. The van der Waals surface area contributed by atoms with Crippen molar-refractivity contribution in [2.24, 2.45) is 0 Å².